The molecule has 1 saturated heterocycles. The standard InChI is InChI=1S/C19H25N3O2S/c1-4-17(13-23-14-18-21-7-10-25-18)19(5-1)15-22(8-9-24-19)12-16-3-2-6-20-11-16/h2-3,6-7,10-11,17H,1,4-5,8-9,12-15H2/t17-,19+/m1/s1. The molecule has 1 aliphatic carbocycles. The van der Waals surface area contributed by atoms with Gasteiger partial charge in [0.2, 0.25) is 0 Å². The molecule has 4 rings (SSSR count). The summed E-state index contributed by atoms with van der Waals surface area (Å²) in [5, 5.41) is 3.05. The molecular formula is C19H25N3O2S. The molecule has 3 heterocycles. The summed E-state index contributed by atoms with van der Waals surface area (Å²) >= 11 is 1.65. The van der Waals surface area contributed by atoms with Gasteiger partial charge in [0.1, 0.15) is 5.01 Å². The fourth-order valence-corrected chi connectivity index (χ4v) is 4.68. The lowest BCUT2D eigenvalue weighted by molar-refractivity contribution is -0.144. The Morgan fingerprint density at radius 3 is 3.24 bits per heavy atom. The Labute approximate surface area is 153 Å². The molecule has 0 amide bonds. The zero-order valence-electron chi connectivity index (χ0n) is 14.5. The van der Waals surface area contributed by atoms with Crippen LogP contribution in [-0.2, 0) is 22.6 Å². The van der Waals surface area contributed by atoms with Gasteiger partial charge in [-0.15, -0.1) is 11.3 Å². The second-order valence-corrected chi connectivity index (χ2v) is 7.99. The van der Waals surface area contributed by atoms with Crippen LogP contribution in [0.2, 0.25) is 0 Å². The van der Waals surface area contributed by atoms with E-state index in [4.69, 9.17) is 9.47 Å². The third-order valence-electron chi connectivity index (χ3n) is 5.34. The van der Waals surface area contributed by atoms with E-state index >= 15 is 0 Å². The van der Waals surface area contributed by atoms with Gasteiger partial charge in [0.15, 0.2) is 0 Å². The predicted molar refractivity (Wildman–Crippen MR) is 97.3 cm³/mol. The summed E-state index contributed by atoms with van der Waals surface area (Å²) in [5.74, 6) is 0.476. The van der Waals surface area contributed by atoms with Crippen LogP contribution in [0.3, 0.4) is 0 Å². The van der Waals surface area contributed by atoms with Gasteiger partial charge >= 0.3 is 0 Å². The molecule has 2 aromatic heterocycles. The van der Waals surface area contributed by atoms with Crippen molar-refractivity contribution in [3.05, 3.63) is 46.7 Å². The van der Waals surface area contributed by atoms with Crippen molar-refractivity contribution < 1.29 is 9.47 Å². The van der Waals surface area contributed by atoms with Gasteiger partial charge in [0, 0.05) is 49.5 Å². The lowest BCUT2D eigenvalue weighted by Gasteiger charge is -2.44. The zero-order valence-corrected chi connectivity index (χ0v) is 15.3. The Kier molecular flexibility index (Phi) is 5.41. The maximum atomic E-state index is 6.34. The van der Waals surface area contributed by atoms with E-state index < -0.39 is 0 Å². The van der Waals surface area contributed by atoms with E-state index in [-0.39, 0.29) is 5.60 Å². The minimum atomic E-state index is -0.0384. The van der Waals surface area contributed by atoms with Crippen molar-refractivity contribution >= 4 is 11.3 Å². The van der Waals surface area contributed by atoms with Crippen LogP contribution < -0.4 is 0 Å². The Hall–Kier alpha value is -1.34. The van der Waals surface area contributed by atoms with Crippen molar-refractivity contribution in [2.45, 2.75) is 38.0 Å². The number of morpholine rings is 1. The first-order valence-electron chi connectivity index (χ1n) is 9.05. The molecule has 134 valence electrons. The summed E-state index contributed by atoms with van der Waals surface area (Å²) < 4.78 is 12.3. The van der Waals surface area contributed by atoms with Gasteiger partial charge in [-0.05, 0) is 24.5 Å². The number of rotatable bonds is 6. The molecule has 0 radical (unpaired) electrons. The lowest BCUT2D eigenvalue weighted by Crippen LogP contribution is -2.54. The highest BCUT2D eigenvalue weighted by Crippen LogP contribution is 2.41. The van der Waals surface area contributed by atoms with Crippen molar-refractivity contribution in [3.63, 3.8) is 0 Å². The SMILES string of the molecule is c1cncc(CN2CCO[C@@]3(CCC[C@@H]3COCc3nccs3)C2)c1. The largest absolute Gasteiger partial charge is 0.374 e. The van der Waals surface area contributed by atoms with Crippen LogP contribution in [0.5, 0.6) is 0 Å². The first kappa shape index (κ1) is 17.1. The van der Waals surface area contributed by atoms with Gasteiger partial charge in [-0.25, -0.2) is 4.98 Å². The molecule has 0 unspecified atom stereocenters. The monoisotopic (exact) mass is 359 g/mol. The maximum Gasteiger partial charge on any atom is 0.118 e. The summed E-state index contributed by atoms with van der Waals surface area (Å²) in [6, 6.07) is 4.16. The van der Waals surface area contributed by atoms with Gasteiger partial charge in [-0.2, -0.15) is 0 Å². The topological polar surface area (TPSA) is 47.5 Å². The molecule has 0 N–H and O–H groups in total. The van der Waals surface area contributed by atoms with Gasteiger partial charge in [-0.3, -0.25) is 9.88 Å². The van der Waals surface area contributed by atoms with Crippen molar-refractivity contribution in [2.75, 3.05) is 26.3 Å². The van der Waals surface area contributed by atoms with Crippen molar-refractivity contribution in [1.82, 2.24) is 14.9 Å². The van der Waals surface area contributed by atoms with Crippen LogP contribution in [0.1, 0.15) is 29.8 Å². The number of hydrogen-bond donors (Lipinski definition) is 0. The maximum absolute atomic E-state index is 6.34. The molecule has 1 spiro atoms. The highest BCUT2D eigenvalue weighted by Gasteiger charge is 2.46. The van der Waals surface area contributed by atoms with E-state index in [1.54, 1.807) is 11.3 Å². The summed E-state index contributed by atoms with van der Waals surface area (Å²) in [6.45, 7) is 5.12. The number of ether oxygens (including phenoxy) is 2. The molecule has 2 fully saturated rings. The minimum absolute atomic E-state index is 0.0384. The van der Waals surface area contributed by atoms with Crippen LogP contribution in [0.25, 0.3) is 0 Å². The average molecular weight is 359 g/mol. The van der Waals surface area contributed by atoms with Gasteiger partial charge < -0.3 is 9.47 Å². The van der Waals surface area contributed by atoms with Crippen LogP contribution in [0, 0.1) is 5.92 Å². The van der Waals surface area contributed by atoms with Gasteiger partial charge in [-0.1, -0.05) is 12.5 Å². The second kappa shape index (κ2) is 7.91. The van der Waals surface area contributed by atoms with Gasteiger partial charge in [0.25, 0.3) is 0 Å². The summed E-state index contributed by atoms with van der Waals surface area (Å²) in [5.41, 5.74) is 1.23. The molecule has 2 aromatic rings. The highest BCUT2D eigenvalue weighted by atomic mass is 32.1. The van der Waals surface area contributed by atoms with Crippen molar-refractivity contribution in [3.8, 4) is 0 Å². The minimum Gasteiger partial charge on any atom is -0.374 e. The van der Waals surface area contributed by atoms with E-state index in [2.05, 4.69) is 20.9 Å². The first-order chi connectivity index (χ1) is 12.3. The Morgan fingerprint density at radius 1 is 1.40 bits per heavy atom. The van der Waals surface area contributed by atoms with E-state index in [1.807, 2.05) is 30.0 Å². The van der Waals surface area contributed by atoms with Gasteiger partial charge in [0.05, 0.1) is 25.4 Å². The predicted octanol–water partition coefficient (Wildman–Crippen LogP) is 3.13. The van der Waals surface area contributed by atoms with E-state index in [0.29, 0.717) is 12.5 Å². The van der Waals surface area contributed by atoms with Crippen molar-refractivity contribution in [2.24, 2.45) is 5.92 Å². The highest BCUT2D eigenvalue weighted by molar-refractivity contribution is 7.09. The number of aromatic nitrogens is 2. The normalized spacial score (nSPS) is 27.1. The zero-order chi connectivity index (χ0) is 17.0. The summed E-state index contributed by atoms with van der Waals surface area (Å²) in [6.07, 6.45) is 9.19. The Bertz CT molecular complexity index is 652. The molecule has 25 heavy (non-hydrogen) atoms. The number of thiazole rings is 1. The van der Waals surface area contributed by atoms with Crippen LogP contribution >= 0.6 is 11.3 Å². The molecule has 5 nitrogen and oxygen atoms in total. The van der Waals surface area contributed by atoms with Crippen LogP contribution in [-0.4, -0.2) is 46.8 Å². The Morgan fingerprint density at radius 2 is 2.40 bits per heavy atom. The molecule has 2 atom stereocenters. The fourth-order valence-electron chi connectivity index (χ4n) is 4.13. The second-order valence-electron chi connectivity index (χ2n) is 7.02. The average Bonchev–Trinajstić information content (AvgIpc) is 3.27. The van der Waals surface area contributed by atoms with Crippen LogP contribution in [0.4, 0.5) is 0 Å². The third kappa shape index (κ3) is 4.08. The number of pyridine rings is 1. The van der Waals surface area contributed by atoms with E-state index in [1.165, 1.54) is 18.4 Å². The molecule has 0 bridgehead atoms. The molecule has 6 heteroatoms. The lowest BCUT2D eigenvalue weighted by atomic mass is 9.89. The Balaban J connectivity index is 1.35. The third-order valence-corrected chi connectivity index (χ3v) is 6.09. The number of hydrogen-bond acceptors (Lipinski definition) is 6. The fraction of sp³-hybridized carbons (Fsp3) is 0.579. The molecule has 2 aliphatic rings. The molecule has 1 saturated carbocycles. The molecule has 0 aromatic carbocycles. The number of nitrogens with zero attached hydrogens (tertiary/aromatic N) is 3. The quantitative estimate of drug-likeness (QED) is 0.793. The summed E-state index contributed by atoms with van der Waals surface area (Å²) in [7, 11) is 0. The van der Waals surface area contributed by atoms with E-state index in [0.717, 1.165) is 44.3 Å². The molecule has 1 aliphatic heterocycles. The van der Waals surface area contributed by atoms with Crippen LogP contribution in [0.15, 0.2) is 36.1 Å². The van der Waals surface area contributed by atoms with E-state index in [9.17, 15) is 0 Å². The van der Waals surface area contributed by atoms with Crippen molar-refractivity contribution in [1.29, 1.82) is 0 Å². The smallest absolute Gasteiger partial charge is 0.118 e. The molecular weight excluding hydrogens is 334 g/mol. The first-order valence-corrected chi connectivity index (χ1v) is 9.93. The summed E-state index contributed by atoms with van der Waals surface area (Å²) in [4.78, 5) is 11.0.